The van der Waals surface area contributed by atoms with Gasteiger partial charge in [0.1, 0.15) is 5.70 Å². The summed E-state index contributed by atoms with van der Waals surface area (Å²) >= 11 is 6.26. The molecular formula is C23H22ClN3O5. The van der Waals surface area contributed by atoms with Crippen molar-refractivity contribution in [3.05, 3.63) is 74.4 Å². The van der Waals surface area contributed by atoms with Crippen molar-refractivity contribution in [3.63, 3.8) is 0 Å². The third kappa shape index (κ3) is 3.87. The predicted octanol–water partition coefficient (Wildman–Crippen LogP) is 3.95. The van der Waals surface area contributed by atoms with Crippen molar-refractivity contribution < 1.29 is 19.2 Å². The Hall–Kier alpha value is -3.23. The van der Waals surface area contributed by atoms with Crippen LogP contribution in [0.25, 0.3) is 5.57 Å². The number of nitro benzene ring substituents is 1. The van der Waals surface area contributed by atoms with Crippen LogP contribution in [-0.4, -0.2) is 46.9 Å². The Kier molecular flexibility index (Phi) is 5.75. The van der Waals surface area contributed by atoms with E-state index in [0.717, 1.165) is 10.5 Å². The van der Waals surface area contributed by atoms with E-state index in [-0.39, 0.29) is 29.2 Å². The van der Waals surface area contributed by atoms with E-state index >= 15 is 0 Å². The van der Waals surface area contributed by atoms with Crippen LogP contribution >= 0.6 is 11.6 Å². The van der Waals surface area contributed by atoms with E-state index in [9.17, 15) is 19.7 Å². The van der Waals surface area contributed by atoms with Gasteiger partial charge in [0.25, 0.3) is 17.5 Å². The van der Waals surface area contributed by atoms with Gasteiger partial charge in [0.15, 0.2) is 0 Å². The zero-order chi connectivity index (χ0) is 23.2. The van der Waals surface area contributed by atoms with Crippen LogP contribution in [0.4, 0.5) is 11.4 Å². The molecule has 2 amide bonds. The molecular weight excluding hydrogens is 434 g/mol. The van der Waals surface area contributed by atoms with Gasteiger partial charge in [-0.3, -0.25) is 19.7 Å². The maximum atomic E-state index is 13.6. The highest BCUT2D eigenvalue weighted by atomic mass is 35.5. The normalized spacial score (nSPS) is 21.5. The molecule has 2 heterocycles. The lowest BCUT2D eigenvalue weighted by molar-refractivity contribution is -0.384. The van der Waals surface area contributed by atoms with Gasteiger partial charge in [0.05, 0.1) is 28.4 Å². The summed E-state index contributed by atoms with van der Waals surface area (Å²) in [5.41, 5.74) is 2.03. The number of non-ortho nitro benzene ring substituents is 1. The Morgan fingerprint density at radius 3 is 2.22 bits per heavy atom. The van der Waals surface area contributed by atoms with Crippen molar-refractivity contribution in [1.82, 2.24) is 4.90 Å². The lowest BCUT2D eigenvalue weighted by Crippen LogP contribution is -2.47. The number of carbonyl (C=O) groups is 2. The number of nitrogens with zero attached hydrogens (tertiary/aromatic N) is 3. The van der Waals surface area contributed by atoms with Gasteiger partial charge in [0, 0.05) is 30.2 Å². The molecule has 1 saturated heterocycles. The van der Waals surface area contributed by atoms with Crippen molar-refractivity contribution in [2.45, 2.75) is 33.0 Å². The summed E-state index contributed by atoms with van der Waals surface area (Å²) in [6.07, 6.45) is -0.259. The predicted molar refractivity (Wildman–Crippen MR) is 120 cm³/mol. The fraction of sp³-hybridized carbons (Fsp3) is 0.304. The zero-order valence-corrected chi connectivity index (χ0v) is 18.6. The second-order valence-corrected chi connectivity index (χ2v) is 8.48. The van der Waals surface area contributed by atoms with E-state index in [4.69, 9.17) is 16.3 Å². The molecule has 2 atom stereocenters. The van der Waals surface area contributed by atoms with Gasteiger partial charge in [-0.25, -0.2) is 4.90 Å². The SMILES string of the molecule is Cc1ccc(N2C(=O)C(c3ccc([N+](=O)[O-])cc3)=C(N3CC(C)OC(C)C3)C2=O)cc1Cl. The molecule has 2 aliphatic heterocycles. The number of hydrogen-bond donors (Lipinski definition) is 0. The number of aryl methyl sites for hydroxylation is 1. The number of rotatable bonds is 4. The lowest BCUT2D eigenvalue weighted by atomic mass is 10.0. The number of halogens is 1. The van der Waals surface area contributed by atoms with E-state index in [2.05, 4.69) is 0 Å². The second kappa shape index (κ2) is 8.37. The minimum atomic E-state index is -0.507. The average Bonchev–Trinajstić information content (AvgIpc) is 2.99. The Morgan fingerprint density at radius 2 is 1.66 bits per heavy atom. The van der Waals surface area contributed by atoms with Gasteiger partial charge < -0.3 is 9.64 Å². The van der Waals surface area contributed by atoms with Gasteiger partial charge in [-0.05, 0) is 56.2 Å². The largest absolute Gasteiger partial charge is 0.372 e. The number of nitro groups is 1. The molecule has 0 N–H and O–H groups in total. The van der Waals surface area contributed by atoms with Gasteiger partial charge in [-0.2, -0.15) is 0 Å². The minimum Gasteiger partial charge on any atom is -0.372 e. The number of benzene rings is 2. The quantitative estimate of drug-likeness (QED) is 0.393. The molecule has 2 aromatic carbocycles. The van der Waals surface area contributed by atoms with Crippen LogP contribution in [0, 0.1) is 17.0 Å². The van der Waals surface area contributed by atoms with Gasteiger partial charge in [-0.15, -0.1) is 0 Å². The Balaban J connectivity index is 1.83. The third-order valence-corrected chi connectivity index (χ3v) is 5.98. The number of morpholine rings is 1. The molecule has 0 saturated carbocycles. The van der Waals surface area contributed by atoms with Crippen molar-refractivity contribution in [2.24, 2.45) is 0 Å². The molecule has 0 aliphatic carbocycles. The second-order valence-electron chi connectivity index (χ2n) is 8.07. The van der Waals surface area contributed by atoms with Crippen molar-refractivity contribution in [1.29, 1.82) is 0 Å². The van der Waals surface area contributed by atoms with Crippen molar-refractivity contribution >= 4 is 40.4 Å². The summed E-state index contributed by atoms with van der Waals surface area (Å²) < 4.78 is 5.79. The smallest absolute Gasteiger partial charge is 0.282 e. The van der Waals surface area contributed by atoms with Crippen LogP contribution in [-0.2, 0) is 14.3 Å². The molecule has 2 aromatic rings. The Morgan fingerprint density at radius 1 is 1.03 bits per heavy atom. The first-order valence-corrected chi connectivity index (χ1v) is 10.6. The number of carbonyl (C=O) groups excluding carboxylic acids is 2. The number of ether oxygens (including phenoxy) is 1. The molecule has 2 unspecified atom stereocenters. The zero-order valence-electron chi connectivity index (χ0n) is 17.9. The number of anilines is 1. The number of amides is 2. The maximum absolute atomic E-state index is 13.6. The monoisotopic (exact) mass is 455 g/mol. The highest BCUT2D eigenvalue weighted by Crippen LogP contribution is 2.37. The van der Waals surface area contributed by atoms with E-state index in [1.165, 1.54) is 24.3 Å². The first-order valence-electron chi connectivity index (χ1n) is 10.2. The van der Waals surface area contributed by atoms with Crippen LogP contribution < -0.4 is 4.90 Å². The third-order valence-electron chi connectivity index (χ3n) is 5.58. The first kappa shape index (κ1) is 22.0. The topological polar surface area (TPSA) is 93.0 Å². The minimum absolute atomic E-state index is 0.0940. The van der Waals surface area contributed by atoms with Gasteiger partial charge in [-0.1, -0.05) is 17.7 Å². The standard InChI is InChI=1S/C23H22ClN3O5/c1-13-4-7-18(10-19(13)24)26-22(28)20(16-5-8-17(9-6-16)27(30)31)21(23(26)29)25-11-14(2)32-15(3)12-25/h4-10,14-15H,11-12H2,1-3H3. The van der Waals surface area contributed by atoms with Crippen LogP contribution in [0.3, 0.4) is 0 Å². The summed E-state index contributed by atoms with van der Waals surface area (Å²) in [7, 11) is 0. The molecule has 0 aromatic heterocycles. The van der Waals surface area contributed by atoms with Gasteiger partial charge in [0.2, 0.25) is 0 Å². The average molecular weight is 456 g/mol. The highest BCUT2D eigenvalue weighted by molar-refractivity contribution is 6.45. The fourth-order valence-corrected chi connectivity index (χ4v) is 4.31. The Labute approximate surface area is 190 Å². The summed E-state index contributed by atoms with van der Waals surface area (Å²) in [5.74, 6) is -0.949. The van der Waals surface area contributed by atoms with E-state index in [1.54, 1.807) is 18.2 Å². The van der Waals surface area contributed by atoms with Crippen molar-refractivity contribution in [3.8, 4) is 0 Å². The molecule has 0 spiro atoms. The molecule has 9 heteroatoms. The summed E-state index contributed by atoms with van der Waals surface area (Å²) in [5, 5.41) is 11.5. The molecule has 0 bridgehead atoms. The molecule has 8 nitrogen and oxygen atoms in total. The summed E-state index contributed by atoms with van der Waals surface area (Å²) in [6.45, 7) is 6.54. The first-order chi connectivity index (χ1) is 15.2. The van der Waals surface area contributed by atoms with Gasteiger partial charge >= 0.3 is 0 Å². The van der Waals surface area contributed by atoms with E-state index in [1.807, 2.05) is 25.7 Å². The molecule has 166 valence electrons. The molecule has 32 heavy (non-hydrogen) atoms. The van der Waals surface area contributed by atoms with Crippen LogP contribution in [0.15, 0.2) is 48.2 Å². The summed E-state index contributed by atoms with van der Waals surface area (Å²) in [6, 6.07) is 10.7. The number of imide groups is 1. The molecule has 4 rings (SSSR count). The van der Waals surface area contributed by atoms with E-state index < -0.39 is 16.7 Å². The molecule has 2 aliphatic rings. The number of hydrogen-bond acceptors (Lipinski definition) is 6. The van der Waals surface area contributed by atoms with Crippen molar-refractivity contribution in [2.75, 3.05) is 18.0 Å². The molecule has 1 fully saturated rings. The Bertz CT molecular complexity index is 1130. The maximum Gasteiger partial charge on any atom is 0.282 e. The van der Waals surface area contributed by atoms with Crippen LogP contribution in [0.5, 0.6) is 0 Å². The van der Waals surface area contributed by atoms with Crippen LogP contribution in [0.2, 0.25) is 5.02 Å². The fourth-order valence-electron chi connectivity index (χ4n) is 4.14. The van der Waals surface area contributed by atoms with Crippen LogP contribution in [0.1, 0.15) is 25.0 Å². The molecule has 0 radical (unpaired) electrons. The lowest BCUT2D eigenvalue weighted by Gasteiger charge is -2.37. The summed E-state index contributed by atoms with van der Waals surface area (Å²) in [4.78, 5) is 40.7. The van der Waals surface area contributed by atoms with E-state index in [0.29, 0.717) is 29.4 Å². The highest BCUT2D eigenvalue weighted by Gasteiger charge is 2.44.